The molecule has 0 heterocycles. The Hall–Kier alpha value is -1.89. The summed E-state index contributed by atoms with van der Waals surface area (Å²) in [5.41, 5.74) is 0. The predicted octanol–water partition coefficient (Wildman–Crippen LogP) is 8.83. The highest BCUT2D eigenvalue weighted by atomic mass is 16.4. The number of hydrogen-bond acceptors (Lipinski definition) is 4. The third-order valence-corrected chi connectivity index (χ3v) is 9.34. The lowest BCUT2D eigenvalue weighted by molar-refractivity contribution is -0.975. The van der Waals surface area contributed by atoms with Crippen LogP contribution in [0.1, 0.15) is 182 Å². The van der Waals surface area contributed by atoms with Crippen molar-refractivity contribution < 1.29 is 34.2 Å². The molecule has 0 aromatic heterocycles. The van der Waals surface area contributed by atoms with Crippen molar-refractivity contribution in [1.82, 2.24) is 0 Å². The van der Waals surface area contributed by atoms with Gasteiger partial charge in [0.25, 0.3) is 0 Å². The summed E-state index contributed by atoms with van der Waals surface area (Å²) in [5, 5.41) is 33.1. The fraction of sp³-hybridized carbons (Fsp3) is 0.865. The quantitative estimate of drug-likeness (QED) is 0.0439. The van der Waals surface area contributed by atoms with Crippen LogP contribution < -0.4 is 5.11 Å². The molecule has 0 aliphatic carbocycles. The molecule has 7 nitrogen and oxygen atoms in total. The van der Waals surface area contributed by atoms with Crippen LogP contribution in [0.2, 0.25) is 0 Å². The number of quaternary nitrogens is 1. The smallest absolute Gasteiger partial charge is 0.362 e. The fourth-order valence-corrected chi connectivity index (χ4v) is 7.04. The maximum Gasteiger partial charge on any atom is 0.362 e. The van der Waals surface area contributed by atoms with Crippen LogP contribution in [0.3, 0.4) is 0 Å². The Morgan fingerprint density at radius 3 is 1.20 bits per heavy atom. The minimum Gasteiger partial charge on any atom is -0.544 e. The van der Waals surface area contributed by atoms with Crippen LogP contribution in [0.5, 0.6) is 0 Å². The lowest BCUT2D eigenvalue weighted by atomic mass is 9.91. The molecule has 44 heavy (non-hydrogen) atoms. The molecule has 0 fully saturated rings. The largest absolute Gasteiger partial charge is 0.544 e. The average molecular weight is 624 g/mol. The van der Waals surface area contributed by atoms with Crippen molar-refractivity contribution >= 4 is 17.9 Å². The van der Waals surface area contributed by atoms with E-state index in [4.69, 9.17) is 0 Å². The van der Waals surface area contributed by atoms with Gasteiger partial charge in [0.15, 0.2) is 12.1 Å². The van der Waals surface area contributed by atoms with Crippen molar-refractivity contribution in [2.45, 2.75) is 200 Å². The first-order valence-corrected chi connectivity index (χ1v) is 18.4. The average Bonchev–Trinajstić information content (AvgIpc) is 2.98. The van der Waals surface area contributed by atoms with Crippen LogP contribution in [0.15, 0.2) is 12.2 Å². The summed E-state index contributed by atoms with van der Waals surface area (Å²) in [5.74, 6) is -3.55. The minimum absolute atomic E-state index is 0.209. The first-order valence-electron chi connectivity index (χ1n) is 18.4. The molecule has 0 aromatic rings. The molecule has 0 bridgehead atoms. The van der Waals surface area contributed by atoms with E-state index in [9.17, 15) is 29.7 Å². The summed E-state index contributed by atoms with van der Waals surface area (Å²) >= 11 is 0. The van der Waals surface area contributed by atoms with E-state index in [1.165, 1.54) is 83.5 Å². The molecule has 0 amide bonds. The highest BCUT2D eigenvalue weighted by Gasteiger charge is 2.54. The maximum atomic E-state index is 12.6. The Bertz CT molecular complexity index is 707. The summed E-state index contributed by atoms with van der Waals surface area (Å²) in [6.07, 6.45) is 28.6. The zero-order valence-corrected chi connectivity index (χ0v) is 29.0. The Morgan fingerprint density at radius 1 is 0.545 bits per heavy atom. The third kappa shape index (κ3) is 17.0. The Kier molecular flexibility index (Phi) is 26.2. The van der Waals surface area contributed by atoms with Gasteiger partial charge >= 0.3 is 11.9 Å². The molecule has 3 unspecified atom stereocenters. The second-order valence-corrected chi connectivity index (χ2v) is 13.0. The third-order valence-electron chi connectivity index (χ3n) is 9.34. The van der Waals surface area contributed by atoms with Crippen LogP contribution in [-0.2, 0) is 14.4 Å². The first-order chi connectivity index (χ1) is 21.2. The normalized spacial score (nSPS) is 15.2. The SMILES string of the molecule is CC/C=C/CCCCCCCCCCCCCCCCCC[N+](C(CCC)C(=O)[O-])(C(CCC)C(=O)O)C(CCC)C(=O)O. The summed E-state index contributed by atoms with van der Waals surface area (Å²) < 4.78 is -0.431. The number of allylic oxidation sites excluding steroid dienone is 2. The van der Waals surface area contributed by atoms with E-state index in [0.717, 1.165) is 25.7 Å². The van der Waals surface area contributed by atoms with Crippen molar-refractivity contribution in [1.29, 1.82) is 0 Å². The molecule has 7 heteroatoms. The number of hydrogen-bond donors (Lipinski definition) is 2. The van der Waals surface area contributed by atoms with Gasteiger partial charge in [0.05, 0.1) is 12.5 Å². The number of rotatable bonds is 32. The highest BCUT2D eigenvalue weighted by molar-refractivity contribution is 5.77. The Balaban J connectivity index is 4.70. The van der Waals surface area contributed by atoms with Crippen LogP contribution in [0, 0.1) is 0 Å². The molecule has 0 aromatic carbocycles. The number of nitrogens with zero attached hydrogens (tertiary/aromatic N) is 1. The number of carbonyl (C=O) groups excluding carboxylic acids is 1. The maximum absolute atomic E-state index is 12.6. The lowest BCUT2D eigenvalue weighted by Crippen LogP contribution is -2.74. The van der Waals surface area contributed by atoms with Gasteiger partial charge in [-0.3, -0.25) is 4.48 Å². The van der Waals surface area contributed by atoms with Gasteiger partial charge in [0.2, 0.25) is 0 Å². The second kappa shape index (κ2) is 27.4. The topological polar surface area (TPSA) is 115 Å². The minimum atomic E-state index is -1.33. The molecular weight excluding hydrogens is 554 g/mol. The van der Waals surface area contributed by atoms with Crippen molar-refractivity contribution in [3.8, 4) is 0 Å². The van der Waals surface area contributed by atoms with E-state index in [1.54, 1.807) is 0 Å². The van der Waals surface area contributed by atoms with Crippen LogP contribution >= 0.6 is 0 Å². The molecule has 0 saturated carbocycles. The van der Waals surface area contributed by atoms with Gasteiger partial charge in [0, 0.05) is 19.3 Å². The summed E-state index contributed by atoms with van der Waals surface area (Å²) in [6, 6.07) is -3.32. The van der Waals surface area contributed by atoms with E-state index >= 15 is 0 Å². The predicted molar refractivity (Wildman–Crippen MR) is 179 cm³/mol. The number of unbranched alkanes of at least 4 members (excludes halogenated alkanes) is 16. The monoisotopic (exact) mass is 624 g/mol. The molecule has 3 atom stereocenters. The van der Waals surface area contributed by atoms with Gasteiger partial charge in [-0.25, -0.2) is 9.59 Å². The zero-order chi connectivity index (χ0) is 33.1. The van der Waals surface area contributed by atoms with Crippen molar-refractivity contribution in [3.63, 3.8) is 0 Å². The second-order valence-electron chi connectivity index (χ2n) is 13.0. The van der Waals surface area contributed by atoms with Crippen LogP contribution in [0.25, 0.3) is 0 Å². The Morgan fingerprint density at radius 2 is 0.886 bits per heavy atom. The zero-order valence-electron chi connectivity index (χ0n) is 29.0. The summed E-state index contributed by atoms with van der Waals surface area (Å²) in [6.45, 7) is 8.01. The molecule has 0 radical (unpaired) electrons. The van der Waals surface area contributed by atoms with E-state index in [1.807, 2.05) is 20.8 Å². The highest BCUT2D eigenvalue weighted by Crippen LogP contribution is 2.34. The van der Waals surface area contributed by atoms with Gasteiger partial charge in [-0.1, -0.05) is 130 Å². The van der Waals surface area contributed by atoms with Crippen molar-refractivity contribution in [2.24, 2.45) is 0 Å². The molecule has 2 N–H and O–H groups in total. The molecule has 0 rings (SSSR count). The van der Waals surface area contributed by atoms with Crippen LogP contribution in [-0.4, -0.2) is 57.3 Å². The van der Waals surface area contributed by atoms with Gasteiger partial charge in [-0.05, 0) is 44.9 Å². The molecule has 258 valence electrons. The van der Waals surface area contributed by atoms with E-state index in [0.29, 0.717) is 25.7 Å². The summed E-state index contributed by atoms with van der Waals surface area (Å²) in [7, 11) is 0. The van der Waals surface area contributed by atoms with Gasteiger partial charge in [-0.2, -0.15) is 0 Å². The number of aliphatic carboxylic acids is 3. The van der Waals surface area contributed by atoms with E-state index in [2.05, 4.69) is 19.1 Å². The van der Waals surface area contributed by atoms with E-state index in [-0.39, 0.29) is 25.8 Å². The van der Waals surface area contributed by atoms with Gasteiger partial charge < -0.3 is 20.1 Å². The standard InChI is InChI=1S/C37H69NO6/c1-5-9-10-11-12-13-14-15-16-17-18-19-20-21-22-23-24-25-26-27-31-38(32(28-6-2)35(39)40,33(29-7-3)36(41)42)34(30-8-4)37(43)44/h9-10,32-34H,5-8,11-31H2,1-4H3,(H2-,39,40,41,42,43,44)/b10-9+. The molecular formula is C37H69NO6. The van der Waals surface area contributed by atoms with Gasteiger partial charge in [0.1, 0.15) is 6.04 Å². The van der Waals surface area contributed by atoms with E-state index < -0.39 is 40.5 Å². The summed E-state index contributed by atoms with van der Waals surface area (Å²) in [4.78, 5) is 37.7. The first kappa shape index (κ1) is 42.1. The number of carbonyl (C=O) groups is 3. The fourth-order valence-electron chi connectivity index (χ4n) is 7.04. The van der Waals surface area contributed by atoms with Crippen molar-refractivity contribution in [3.05, 3.63) is 12.2 Å². The van der Waals surface area contributed by atoms with Crippen molar-refractivity contribution in [2.75, 3.05) is 6.54 Å². The molecule has 0 aliphatic rings. The number of carboxylic acids is 3. The van der Waals surface area contributed by atoms with Gasteiger partial charge in [-0.15, -0.1) is 0 Å². The van der Waals surface area contributed by atoms with Crippen LogP contribution in [0.4, 0.5) is 0 Å². The Labute approximate surface area is 270 Å². The molecule has 0 saturated heterocycles. The lowest BCUT2D eigenvalue weighted by Gasteiger charge is -2.52. The number of carboxylic acid groups (broad SMARTS) is 3. The molecule has 0 spiro atoms. The molecule has 0 aliphatic heterocycles.